The lowest BCUT2D eigenvalue weighted by Crippen LogP contribution is -2.31. The molecular formula is C18H12FN3O4S2. The van der Waals surface area contributed by atoms with Gasteiger partial charge in [0.25, 0.3) is 5.91 Å². The van der Waals surface area contributed by atoms with E-state index in [9.17, 15) is 19.1 Å². The number of halogens is 1. The summed E-state index contributed by atoms with van der Waals surface area (Å²) >= 11 is 2.50. The number of hydrogen-bond acceptors (Lipinski definition) is 8. The van der Waals surface area contributed by atoms with Gasteiger partial charge in [-0.25, -0.2) is 4.39 Å². The molecule has 2 aromatic heterocycles. The molecule has 1 aliphatic rings. The Balaban J connectivity index is 1.86. The Hall–Kier alpha value is -2.98. The molecule has 1 N–H and O–H groups in total. The molecule has 28 heavy (non-hydrogen) atoms. The number of rotatable bonds is 5. The van der Waals surface area contributed by atoms with E-state index in [-0.39, 0.29) is 16.5 Å². The molecule has 0 fully saturated rings. The predicted molar refractivity (Wildman–Crippen MR) is 101 cm³/mol. The van der Waals surface area contributed by atoms with E-state index in [1.54, 1.807) is 0 Å². The van der Waals surface area contributed by atoms with Crippen molar-refractivity contribution >= 4 is 39.9 Å². The van der Waals surface area contributed by atoms with E-state index in [1.165, 1.54) is 59.3 Å². The van der Waals surface area contributed by atoms with Gasteiger partial charge in [-0.1, -0.05) is 35.2 Å². The van der Waals surface area contributed by atoms with Gasteiger partial charge in [-0.3, -0.25) is 14.5 Å². The standard InChI is InChI=1S/C18H12FN3O4S2/c1-27-18-21-20-17(28-18)22-13(9-4-6-10(19)7-5-9)12(15(24)16(22)25)14(23)11-3-2-8-26-11/h2-8,13,24H,1H3/t13-/m1/s1. The lowest BCUT2D eigenvalue weighted by Gasteiger charge is -2.23. The number of hydrogen-bond donors (Lipinski definition) is 1. The summed E-state index contributed by atoms with van der Waals surface area (Å²) in [4.78, 5) is 27.0. The molecule has 1 amide bonds. The van der Waals surface area contributed by atoms with E-state index in [0.717, 1.165) is 11.3 Å². The Morgan fingerprint density at radius 1 is 1.29 bits per heavy atom. The Kier molecular flexibility index (Phi) is 4.73. The minimum Gasteiger partial charge on any atom is -0.503 e. The number of carbonyl (C=O) groups is 2. The Bertz CT molecular complexity index is 1080. The van der Waals surface area contributed by atoms with Crippen molar-refractivity contribution in [1.29, 1.82) is 0 Å². The fraction of sp³-hybridized carbons (Fsp3) is 0.111. The maximum Gasteiger partial charge on any atom is 0.296 e. The zero-order valence-electron chi connectivity index (χ0n) is 14.3. The van der Waals surface area contributed by atoms with Crippen LogP contribution in [0.2, 0.25) is 0 Å². The Morgan fingerprint density at radius 3 is 2.64 bits per heavy atom. The fourth-order valence-electron chi connectivity index (χ4n) is 2.92. The molecule has 0 spiro atoms. The second kappa shape index (κ2) is 7.21. The molecular weight excluding hydrogens is 405 g/mol. The second-order valence-corrected chi connectivity index (χ2v) is 7.76. The highest BCUT2D eigenvalue weighted by Crippen LogP contribution is 2.43. The van der Waals surface area contributed by atoms with Crippen LogP contribution in [0, 0.1) is 5.82 Å². The monoisotopic (exact) mass is 417 g/mol. The maximum atomic E-state index is 13.4. The van der Waals surface area contributed by atoms with Crippen LogP contribution in [-0.4, -0.2) is 33.3 Å². The maximum absolute atomic E-state index is 13.4. The molecule has 0 saturated heterocycles. The van der Waals surface area contributed by atoms with Crippen LogP contribution in [0.25, 0.3) is 0 Å². The van der Waals surface area contributed by atoms with Crippen molar-refractivity contribution in [1.82, 2.24) is 10.2 Å². The van der Waals surface area contributed by atoms with Gasteiger partial charge in [0.2, 0.25) is 10.9 Å². The van der Waals surface area contributed by atoms with Crippen molar-refractivity contribution in [2.75, 3.05) is 11.2 Å². The highest BCUT2D eigenvalue weighted by atomic mass is 32.2. The highest BCUT2D eigenvalue weighted by Gasteiger charge is 2.46. The average molecular weight is 417 g/mol. The Labute approximate surface area is 166 Å². The van der Waals surface area contributed by atoms with Crippen molar-refractivity contribution in [3.05, 3.63) is 71.1 Å². The van der Waals surface area contributed by atoms with Gasteiger partial charge in [0.1, 0.15) is 5.82 Å². The van der Waals surface area contributed by atoms with Crippen LogP contribution < -0.4 is 4.90 Å². The molecule has 3 aromatic rings. The Morgan fingerprint density at radius 2 is 2.04 bits per heavy atom. The van der Waals surface area contributed by atoms with E-state index in [1.807, 2.05) is 6.26 Å². The van der Waals surface area contributed by atoms with Gasteiger partial charge < -0.3 is 9.52 Å². The van der Waals surface area contributed by atoms with E-state index < -0.39 is 29.3 Å². The molecule has 142 valence electrons. The summed E-state index contributed by atoms with van der Waals surface area (Å²) in [6.45, 7) is 0. The molecule has 1 aromatic carbocycles. The quantitative estimate of drug-likeness (QED) is 0.383. The van der Waals surface area contributed by atoms with Gasteiger partial charge in [0.15, 0.2) is 15.9 Å². The average Bonchev–Trinajstić information content (AvgIpc) is 3.43. The first kappa shape index (κ1) is 18.4. The predicted octanol–water partition coefficient (Wildman–Crippen LogP) is 3.78. The molecule has 0 saturated carbocycles. The number of aliphatic hydroxyl groups excluding tert-OH is 1. The summed E-state index contributed by atoms with van der Waals surface area (Å²) in [5, 5.41) is 18.7. The number of ketones is 1. The van der Waals surface area contributed by atoms with Crippen molar-refractivity contribution in [3.8, 4) is 0 Å². The smallest absolute Gasteiger partial charge is 0.296 e. The molecule has 0 bridgehead atoms. The number of aliphatic hydroxyl groups is 1. The number of amides is 1. The van der Waals surface area contributed by atoms with Crippen LogP contribution in [0.3, 0.4) is 0 Å². The highest BCUT2D eigenvalue weighted by molar-refractivity contribution is 8.00. The summed E-state index contributed by atoms with van der Waals surface area (Å²) in [6, 6.07) is 7.31. The van der Waals surface area contributed by atoms with Crippen molar-refractivity contribution < 1.29 is 23.5 Å². The summed E-state index contributed by atoms with van der Waals surface area (Å²) in [5.74, 6) is -2.61. The molecule has 4 rings (SSSR count). The van der Waals surface area contributed by atoms with Crippen LogP contribution in [0.4, 0.5) is 9.52 Å². The summed E-state index contributed by atoms with van der Waals surface area (Å²) in [7, 11) is 0. The van der Waals surface area contributed by atoms with Crippen LogP contribution in [0.15, 0.2) is 62.8 Å². The fourth-order valence-corrected chi connectivity index (χ4v) is 4.20. The van der Waals surface area contributed by atoms with Crippen molar-refractivity contribution in [3.63, 3.8) is 0 Å². The number of nitrogens with zero attached hydrogens (tertiary/aromatic N) is 3. The van der Waals surface area contributed by atoms with Gasteiger partial charge in [0, 0.05) is 0 Å². The van der Waals surface area contributed by atoms with Gasteiger partial charge in [0.05, 0.1) is 17.9 Å². The number of benzene rings is 1. The van der Waals surface area contributed by atoms with Crippen molar-refractivity contribution in [2.24, 2.45) is 0 Å². The van der Waals surface area contributed by atoms with Gasteiger partial charge >= 0.3 is 0 Å². The minimum absolute atomic E-state index is 0.0228. The largest absolute Gasteiger partial charge is 0.503 e. The van der Waals surface area contributed by atoms with E-state index >= 15 is 0 Å². The van der Waals surface area contributed by atoms with Crippen LogP contribution in [-0.2, 0) is 4.79 Å². The minimum atomic E-state index is -0.992. The van der Waals surface area contributed by atoms with Crippen LogP contribution in [0.5, 0.6) is 0 Å². The molecule has 1 aliphatic heterocycles. The zero-order chi connectivity index (χ0) is 19.8. The number of aromatic nitrogens is 2. The van der Waals surface area contributed by atoms with E-state index in [4.69, 9.17) is 4.42 Å². The second-order valence-electron chi connectivity index (χ2n) is 5.75. The first-order valence-electron chi connectivity index (χ1n) is 7.99. The summed E-state index contributed by atoms with van der Waals surface area (Å²) in [5.41, 5.74) is 0.280. The lowest BCUT2D eigenvalue weighted by atomic mass is 9.95. The zero-order valence-corrected chi connectivity index (χ0v) is 16.0. The van der Waals surface area contributed by atoms with Gasteiger partial charge in [-0.15, -0.1) is 10.2 Å². The third-order valence-electron chi connectivity index (χ3n) is 4.16. The summed E-state index contributed by atoms with van der Waals surface area (Å²) < 4.78 is 19.2. The third kappa shape index (κ3) is 3.00. The molecule has 0 radical (unpaired) electrons. The van der Waals surface area contributed by atoms with Crippen molar-refractivity contribution in [2.45, 2.75) is 10.4 Å². The number of carbonyl (C=O) groups excluding carboxylic acids is 2. The molecule has 1 atom stereocenters. The third-order valence-corrected chi connectivity index (χ3v) is 6.06. The number of furan rings is 1. The van der Waals surface area contributed by atoms with Crippen LogP contribution >= 0.6 is 23.1 Å². The number of Topliss-reactive ketones (excluding diaryl/α,β-unsaturated/α-hetero) is 1. The normalized spacial score (nSPS) is 16.9. The molecule has 0 unspecified atom stereocenters. The number of thioether (sulfide) groups is 1. The summed E-state index contributed by atoms with van der Waals surface area (Å²) in [6.07, 6.45) is 3.14. The van der Waals surface area contributed by atoms with Crippen LogP contribution in [0.1, 0.15) is 22.2 Å². The first-order valence-corrected chi connectivity index (χ1v) is 10.0. The topological polar surface area (TPSA) is 96.5 Å². The molecule has 3 heterocycles. The SMILES string of the molecule is CSc1nnc(N2C(=O)C(O)=C(C(=O)c3ccco3)[C@H]2c2ccc(F)cc2)s1. The first-order chi connectivity index (χ1) is 13.5. The van der Waals surface area contributed by atoms with E-state index in [2.05, 4.69) is 10.2 Å². The van der Waals surface area contributed by atoms with E-state index in [0.29, 0.717) is 9.90 Å². The molecule has 0 aliphatic carbocycles. The molecule has 7 nitrogen and oxygen atoms in total. The lowest BCUT2D eigenvalue weighted by molar-refractivity contribution is -0.117. The molecule has 10 heteroatoms. The number of anilines is 1. The van der Waals surface area contributed by atoms with Gasteiger partial charge in [-0.2, -0.15) is 0 Å². The van der Waals surface area contributed by atoms with Gasteiger partial charge in [-0.05, 0) is 36.1 Å².